The Hall–Kier alpha value is -2.65. The van der Waals surface area contributed by atoms with Gasteiger partial charge in [0.25, 0.3) is 0 Å². The molecule has 1 aromatic heterocycles. The predicted molar refractivity (Wildman–Crippen MR) is 94.6 cm³/mol. The lowest BCUT2D eigenvalue weighted by Gasteiger charge is -2.28. The first-order valence-electron chi connectivity index (χ1n) is 7.28. The molecule has 0 unspecified atom stereocenters. The maximum absolute atomic E-state index is 13.0. The van der Waals surface area contributed by atoms with E-state index in [1.807, 2.05) is 18.1 Å². The Labute approximate surface area is 144 Å². The number of fused-ring (bicyclic) bond motifs is 1. The zero-order valence-corrected chi connectivity index (χ0v) is 14.2. The Balaban J connectivity index is 2.00. The Morgan fingerprint density at radius 3 is 2.67 bits per heavy atom. The number of nitrogens with zero attached hydrogens (tertiary/aromatic N) is 4. The summed E-state index contributed by atoms with van der Waals surface area (Å²) < 4.78 is 13.0. The fourth-order valence-electron chi connectivity index (χ4n) is 2.65. The molecule has 1 aliphatic heterocycles. The molecule has 0 atom stereocenters. The smallest absolute Gasteiger partial charge is 0.123 e. The third-order valence-corrected chi connectivity index (χ3v) is 4.53. The Bertz CT molecular complexity index is 881. The van der Waals surface area contributed by atoms with Crippen LogP contribution in [0.3, 0.4) is 0 Å². The normalized spacial score (nSPS) is 12.9. The van der Waals surface area contributed by atoms with Gasteiger partial charge in [-0.25, -0.2) is 14.4 Å². The predicted octanol–water partition coefficient (Wildman–Crippen LogP) is 4.27. The number of hydrogen-bond donors (Lipinski definition) is 0. The number of benzene rings is 1. The number of thioether (sulfide) groups is 1. The van der Waals surface area contributed by atoms with E-state index in [0.717, 1.165) is 22.5 Å². The molecule has 2 aromatic rings. The molecule has 0 saturated carbocycles. The molecule has 0 aliphatic carbocycles. The molecule has 24 heavy (non-hydrogen) atoms. The van der Waals surface area contributed by atoms with Crippen LogP contribution >= 0.6 is 11.8 Å². The van der Waals surface area contributed by atoms with Gasteiger partial charge in [0, 0.05) is 17.8 Å². The van der Waals surface area contributed by atoms with Crippen LogP contribution in [0.4, 0.5) is 10.1 Å². The van der Waals surface area contributed by atoms with Crippen molar-refractivity contribution >= 4 is 29.5 Å². The van der Waals surface area contributed by atoms with E-state index in [4.69, 9.17) is 0 Å². The summed E-state index contributed by atoms with van der Waals surface area (Å²) in [5, 5.41) is 10.1. The van der Waals surface area contributed by atoms with E-state index in [9.17, 15) is 9.65 Å². The summed E-state index contributed by atoms with van der Waals surface area (Å²) in [6, 6.07) is 8.51. The quantitative estimate of drug-likeness (QED) is 0.784. The van der Waals surface area contributed by atoms with Crippen LogP contribution in [0.15, 0.2) is 40.9 Å². The Kier molecular flexibility index (Phi) is 4.36. The molecule has 0 bridgehead atoms. The molecule has 4 nitrogen and oxygen atoms in total. The van der Waals surface area contributed by atoms with Gasteiger partial charge in [-0.15, -0.1) is 11.8 Å². The SMILES string of the molecule is C=C1c2c(C)nc(SC)c(C#N)c2N=CN1Cc1ccc(F)cc1. The van der Waals surface area contributed by atoms with Gasteiger partial charge in [0.15, 0.2) is 0 Å². The lowest BCUT2D eigenvalue weighted by Crippen LogP contribution is -2.23. The van der Waals surface area contributed by atoms with Gasteiger partial charge < -0.3 is 4.90 Å². The first-order valence-corrected chi connectivity index (χ1v) is 8.51. The van der Waals surface area contributed by atoms with Crippen LogP contribution in [-0.4, -0.2) is 22.5 Å². The average Bonchev–Trinajstić information content (AvgIpc) is 2.58. The number of pyridine rings is 1. The van der Waals surface area contributed by atoms with Crippen LogP contribution < -0.4 is 0 Å². The highest BCUT2D eigenvalue weighted by atomic mass is 32.2. The second kappa shape index (κ2) is 6.46. The molecule has 120 valence electrons. The number of rotatable bonds is 3. The molecule has 3 rings (SSSR count). The fourth-order valence-corrected chi connectivity index (χ4v) is 3.22. The van der Waals surface area contributed by atoms with Crippen LogP contribution in [0.2, 0.25) is 0 Å². The molecule has 0 spiro atoms. The van der Waals surface area contributed by atoms with Gasteiger partial charge in [-0.1, -0.05) is 18.7 Å². The minimum atomic E-state index is -0.265. The lowest BCUT2D eigenvalue weighted by molar-refractivity contribution is 0.585. The van der Waals surface area contributed by atoms with E-state index in [1.54, 1.807) is 18.5 Å². The van der Waals surface area contributed by atoms with Crippen molar-refractivity contribution in [2.75, 3.05) is 6.26 Å². The standard InChI is InChI=1S/C18H15FN4S/c1-11-16-12(2)23(9-13-4-6-14(19)7-5-13)10-21-17(16)15(8-20)18(22-11)24-3/h4-7,10H,2,9H2,1,3H3. The zero-order valence-electron chi connectivity index (χ0n) is 13.4. The number of aryl methyl sites for hydroxylation is 1. The van der Waals surface area contributed by atoms with Crippen LogP contribution in [0.5, 0.6) is 0 Å². The number of aliphatic imine (C=N–C) groups is 1. The summed E-state index contributed by atoms with van der Waals surface area (Å²) in [6.07, 6.45) is 3.55. The van der Waals surface area contributed by atoms with Crippen LogP contribution in [0, 0.1) is 24.1 Å². The van der Waals surface area contributed by atoms with Gasteiger partial charge in [0.05, 0.1) is 17.7 Å². The average molecular weight is 338 g/mol. The van der Waals surface area contributed by atoms with Gasteiger partial charge in [0.2, 0.25) is 0 Å². The molecule has 6 heteroatoms. The topological polar surface area (TPSA) is 52.3 Å². The third kappa shape index (κ3) is 2.79. The van der Waals surface area contributed by atoms with E-state index in [1.165, 1.54) is 23.9 Å². The largest absolute Gasteiger partial charge is 0.328 e. The molecular weight excluding hydrogens is 323 g/mol. The molecule has 0 amide bonds. The molecule has 0 fully saturated rings. The Morgan fingerprint density at radius 2 is 2.04 bits per heavy atom. The van der Waals surface area contributed by atoms with Crippen LogP contribution in [-0.2, 0) is 6.54 Å². The summed E-state index contributed by atoms with van der Waals surface area (Å²) in [4.78, 5) is 10.9. The summed E-state index contributed by atoms with van der Waals surface area (Å²) in [7, 11) is 0. The van der Waals surface area contributed by atoms with Crippen molar-refractivity contribution in [3.8, 4) is 6.07 Å². The number of hydrogen-bond acceptors (Lipinski definition) is 5. The molecular formula is C18H15FN4S. The first kappa shape index (κ1) is 16.2. The monoisotopic (exact) mass is 338 g/mol. The zero-order chi connectivity index (χ0) is 17.3. The second-order valence-corrected chi connectivity index (χ2v) is 6.16. The van der Waals surface area contributed by atoms with Crippen molar-refractivity contribution in [3.63, 3.8) is 0 Å². The summed E-state index contributed by atoms with van der Waals surface area (Å²) in [5.41, 5.74) is 4.35. The van der Waals surface area contributed by atoms with Gasteiger partial charge in [-0.05, 0) is 30.9 Å². The van der Waals surface area contributed by atoms with Crippen LogP contribution in [0.1, 0.15) is 22.4 Å². The number of nitriles is 1. The molecule has 1 aromatic carbocycles. The summed E-state index contributed by atoms with van der Waals surface area (Å²) in [5.74, 6) is -0.265. The number of aromatic nitrogens is 1. The second-order valence-electron chi connectivity index (χ2n) is 5.36. The van der Waals surface area contributed by atoms with Crippen LogP contribution in [0.25, 0.3) is 5.70 Å². The van der Waals surface area contributed by atoms with E-state index in [2.05, 4.69) is 22.6 Å². The minimum Gasteiger partial charge on any atom is -0.328 e. The highest BCUT2D eigenvalue weighted by molar-refractivity contribution is 7.98. The fraction of sp³-hybridized carbons (Fsp3) is 0.167. The molecule has 2 heterocycles. The third-order valence-electron chi connectivity index (χ3n) is 3.85. The highest BCUT2D eigenvalue weighted by Crippen LogP contribution is 2.39. The van der Waals surface area contributed by atoms with E-state index in [-0.39, 0.29) is 5.82 Å². The van der Waals surface area contributed by atoms with Crippen molar-refractivity contribution in [2.45, 2.75) is 18.5 Å². The minimum absolute atomic E-state index is 0.265. The highest BCUT2D eigenvalue weighted by Gasteiger charge is 2.24. The van der Waals surface area contributed by atoms with Crippen molar-refractivity contribution in [3.05, 3.63) is 59.0 Å². The van der Waals surface area contributed by atoms with Crippen molar-refractivity contribution in [2.24, 2.45) is 4.99 Å². The maximum atomic E-state index is 13.0. The molecule has 0 N–H and O–H groups in total. The van der Waals surface area contributed by atoms with E-state index < -0.39 is 0 Å². The summed E-state index contributed by atoms with van der Waals surface area (Å²) in [6.45, 7) is 6.56. The molecule has 1 aliphatic rings. The first-order chi connectivity index (χ1) is 11.5. The molecule has 0 radical (unpaired) electrons. The van der Waals surface area contributed by atoms with Gasteiger partial charge >= 0.3 is 0 Å². The van der Waals surface area contributed by atoms with Gasteiger partial charge in [0.1, 0.15) is 22.5 Å². The van der Waals surface area contributed by atoms with E-state index in [0.29, 0.717) is 22.8 Å². The van der Waals surface area contributed by atoms with Crippen molar-refractivity contribution < 1.29 is 4.39 Å². The summed E-state index contributed by atoms with van der Waals surface area (Å²) >= 11 is 1.43. The Morgan fingerprint density at radius 1 is 1.33 bits per heavy atom. The number of halogens is 1. The maximum Gasteiger partial charge on any atom is 0.123 e. The lowest BCUT2D eigenvalue weighted by atomic mass is 10.0. The van der Waals surface area contributed by atoms with E-state index >= 15 is 0 Å². The van der Waals surface area contributed by atoms with Crippen molar-refractivity contribution in [1.82, 2.24) is 9.88 Å². The van der Waals surface area contributed by atoms with Crippen molar-refractivity contribution in [1.29, 1.82) is 5.26 Å². The van der Waals surface area contributed by atoms with Gasteiger partial charge in [-0.3, -0.25) is 0 Å². The van der Waals surface area contributed by atoms with Gasteiger partial charge in [-0.2, -0.15) is 5.26 Å². The molecule has 0 saturated heterocycles.